The van der Waals surface area contributed by atoms with Gasteiger partial charge in [-0.3, -0.25) is 0 Å². The topological polar surface area (TPSA) is 15.3 Å². The summed E-state index contributed by atoms with van der Waals surface area (Å²) in [6.07, 6.45) is 6.60. The minimum absolute atomic E-state index is 0.350. The number of nitrogens with zero attached hydrogens (tertiary/aromatic N) is 1. The van der Waals surface area contributed by atoms with Crippen molar-refractivity contribution in [1.29, 1.82) is 0 Å². The molecule has 3 atom stereocenters. The van der Waals surface area contributed by atoms with Crippen LogP contribution in [0.15, 0.2) is 17.5 Å². The number of nitrogens with one attached hydrogen (secondary N) is 1. The predicted molar refractivity (Wildman–Crippen MR) is 89.4 cm³/mol. The monoisotopic (exact) mass is 294 g/mol. The van der Waals surface area contributed by atoms with Crippen LogP contribution in [0.5, 0.6) is 0 Å². The van der Waals surface area contributed by atoms with E-state index >= 15 is 0 Å². The molecule has 1 aromatic rings. The molecule has 0 saturated heterocycles. The zero-order chi connectivity index (χ0) is 14.6. The molecule has 1 aliphatic carbocycles. The maximum Gasteiger partial charge on any atom is 0.0412 e. The quantitative estimate of drug-likeness (QED) is 0.841. The van der Waals surface area contributed by atoms with E-state index in [-0.39, 0.29) is 0 Å². The van der Waals surface area contributed by atoms with Gasteiger partial charge in [0.15, 0.2) is 0 Å². The lowest BCUT2D eigenvalue weighted by molar-refractivity contribution is 0.0722. The highest BCUT2D eigenvalue weighted by molar-refractivity contribution is 7.10. The molecule has 0 radical (unpaired) electrons. The van der Waals surface area contributed by atoms with E-state index < -0.39 is 0 Å². The third kappa shape index (κ3) is 3.63. The van der Waals surface area contributed by atoms with Crippen LogP contribution in [-0.2, 0) is 0 Å². The fourth-order valence-corrected chi connectivity index (χ4v) is 4.49. The van der Waals surface area contributed by atoms with Crippen molar-refractivity contribution >= 4 is 11.3 Å². The summed E-state index contributed by atoms with van der Waals surface area (Å²) in [6.45, 7) is 5.80. The van der Waals surface area contributed by atoms with E-state index in [2.05, 4.69) is 55.7 Å². The van der Waals surface area contributed by atoms with Crippen LogP contribution < -0.4 is 5.32 Å². The zero-order valence-electron chi connectivity index (χ0n) is 13.5. The molecule has 114 valence electrons. The van der Waals surface area contributed by atoms with Gasteiger partial charge < -0.3 is 10.2 Å². The molecule has 0 amide bonds. The zero-order valence-corrected chi connectivity index (χ0v) is 14.3. The highest BCUT2D eigenvalue weighted by atomic mass is 32.1. The van der Waals surface area contributed by atoms with Gasteiger partial charge in [0.25, 0.3) is 0 Å². The van der Waals surface area contributed by atoms with Crippen LogP contribution in [0.25, 0.3) is 0 Å². The Bertz CT molecular complexity index is 388. The number of hydrogen-bond donors (Lipinski definition) is 1. The van der Waals surface area contributed by atoms with Crippen molar-refractivity contribution in [2.24, 2.45) is 5.92 Å². The molecule has 1 saturated carbocycles. The first kappa shape index (κ1) is 16.0. The molecule has 0 spiro atoms. The second kappa shape index (κ2) is 7.06. The van der Waals surface area contributed by atoms with Crippen LogP contribution in [-0.4, -0.2) is 31.1 Å². The molecule has 3 unspecified atom stereocenters. The fraction of sp³-hybridized carbons (Fsp3) is 0.765. The van der Waals surface area contributed by atoms with Crippen molar-refractivity contribution in [3.05, 3.63) is 22.4 Å². The Morgan fingerprint density at radius 2 is 2.30 bits per heavy atom. The molecule has 0 aliphatic heterocycles. The Hall–Kier alpha value is -0.380. The summed E-state index contributed by atoms with van der Waals surface area (Å²) in [7, 11) is 4.51. The lowest BCUT2D eigenvalue weighted by atomic mass is 9.75. The van der Waals surface area contributed by atoms with Crippen molar-refractivity contribution in [1.82, 2.24) is 10.2 Å². The molecule has 20 heavy (non-hydrogen) atoms. The van der Waals surface area contributed by atoms with Gasteiger partial charge in [-0.15, -0.1) is 11.3 Å². The summed E-state index contributed by atoms with van der Waals surface area (Å²) in [4.78, 5) is 3.95. The molecule has 2 nitrogen and oxygen atoms in total. The molecule has 0 bridgehead atoms. The van der Waals surface area contributed by atoms with Gasteiger partial charge in [0.05, 0.1) is 0 Å². The van der Waals surface area contributed by atoms with Crippen molar-refractivity contribution in [3.8, 4) is 0 Å². The average molecular weight is 295 g/mol. The van der Waals surface area contributed by atoms with Crippen LogP contribution in [0.4, 0.5) is 0 Å². The Morgan fingerprint density at radius 3 is 2.85 bits per heavy atom. The highest BCUT2D eigenvalue weighted by Crippen LogP contribution is 2.36. The molecule has 1 N–H and O–H groups in total. The van der Waals surface area contributed by atoms with Crippen LogP contribution in [0.2, 0.25) is 0 Å². The Balaban J connectivity index is 2.01. The Morgan fingerprint density at radius 1 is 1.50 bits per heavy atom. The predicted octanol–water partition coefficient (Wildman–Crippen LogP) is 4.30. The van der Waals surface area contributed by atoms with Crippen LogP contribution in [0.1, 0.15) is 56.9 Å². The number of thiophene rings is 1. The number of hydrogen-bond acceptors (Lipinski definition) is 3. The third-order valence-electron chi connectivity index (χ3n) is 4.99. The van der Waals surface area contributed by atoms with E-state index in [9.17, 15) is 0 Å². The van der Waals surface area contributed by atoms with Gasteiger partial charge in [0.2, 0.25) is 0 Å². The van der Waals surface area contributed by atoms with Gasteiger partial charge in [-0.25, -0.2) is 0 Å². The number of rotatable bonds is 6. The van der Waals surface area contributed by atoms with Crippen molar-refractivity contribution < 1.29 is 0 Å². The highest BCUT2D eigenvalue weighted by Gasteiger charge is 2.37. The Labute approximate surface area is 128 Å². The van der Waals surface area contributed by atoms with Crippen LogP contribution >= 0.6 is 11.3 Å². The van der Waals surface area contributed by atoms with E-state index in [1.54, 1.807) is 0 Å². The lowest BCUT2D eigenvalue weighted by Gasteiger charge is -2.46. The second-order valence-electron chi connectivity index (χ2n) is 6.68. The molecular weight excluding hydrogens is 264 g/mol. The van der Waals surface area contributed by atoms with Crippen molar-refractivity contribution in [3.63, 3.8) is 0 Å². The molecule has 1 fully saturated rings. The number of likely N-dealkylation sites (N-methyl/N-ethyl adjacent to an activating group) is 1. The van der Waals surface area contributed by atoms with E-state index in [4.69, 9.17) is 0 Å². The maximum atomic E-state index is 3.85. The summed E-state index contributed by atoms with van der Waals surface area (Å²) >= 11 is 1.87. The van der Waals surface area contributed by atoms with Gasteiger partial charge in [0, 0.05) is 23.0 Å². The summed E-state index contributed by atoms with van der Waals surface area (Å²) < 4.78 is 0. The summed E-state index contributed by atoms with van der Waals surface area (Å²) in [5, 5.41) is 6.04. The average Bonchev–Trinajstić information content (AvgIpc) is 2.93. The van der Waals surface area contributed by atoms with E-state index in [1.165, 1.54) is 37.0 Å². The minimum atomic E-state index is 0.350. The molecule has 2 rings (SSSR count). The first-order chi connectivity index (χ1) is 9.57. The van der Waals surface area contributed by atoms with E-state index in [0.29, 0.717) is 11.6 Å². The first-order valence-corrected chi connectivity index (χ1v) is 8.89. The van der Waals surface area contributed by atoms with Gasteiger partial charge in [0.1, 0.15) is 0 Å². The fourth-order valence-electron chi connectivity index (χ4n) is 3.61. The third-order valence-corrected chi connectivity index (χ3v) is 5.97. The van der Waals surface area contributed by atoms with E-state index in [0.717, 1.165) is 12.5 Å². The van der Waals surface area contributed by atoms with Crippen molar-refractivity contribution in [2.45, 2.75) is 57.5 Å². The molecular formula is C17H30N2S. The maximum absolute atomic E-state index is 3.85. The SMILES string of the molecule is CCC(NCC1(N(C)C)CCCC(C)C1)c1cccs1. The molecule has 0 aromatic carbocycles. The lowest BCUT2D eigenvalue weighted by Crippen LogP contribution is -2.54. The smallest absolute Gasteiger partial charge is 0.0412 e. The van der Waals surface area contributed by atoms with Crippen LogP contribution in [0.3, 0.4) is 0 Å². The minimum Gasteiger partial charge on any atom is -0.307 e. The van der Waals surface area contributed by atoms with Gasteiger partial charge in [-0.2, -0.15) is 0 Å². The summed E-state index contributed by atoms with van der Waals surface area (Å²) in [5.74, 6) is 0.856. The van der Waals surface area contributed by atoms with E-state index in [1.807, 2.05) is 11.3 Å². The molecule has 1 heterocycles. The van der Waals surface area contributed by atoms with Gasteiger partial charge >= 0.3 is 0 Å². The first-order valence-electron chi connectivity index (χ1n) is 8.01. The Kier molecular flexibility index (Phi) is 5.65. The normalized spacial score (nSPS) is 28.8. The molecule has 1 aliphatic rings. The second-order valence-corrected chi connectivity index (χ2v) is 7.66. The summed E-state index contributed by atoms with van der Waals surface area (Å²) in [6, 6.07) is 4.94. The van der Waals surface area contributed by atoms with Gasteiger partial charge in [-0.1, -0.05) is 32.8 Å². The van der Waals surface area contributed by atoms with Crippen LogP contribution in [0, 0.1) is 5.92 Å². The van der Waals surface area contributed by atoms with Crippen molar-refractivity contribution in [2.75, 3.05) is 20.6 Å². The molecule has 3 heteroatoms. The standard InChI is InChI=1S/C17H30N2S/c1-5-15(16-9-7-11-20-16)18-13-17(19(3)4)10-6-8-14(2)12-17/h7,9,11,14-15,18H,5-6,8,10,12-13H2,1-4H3. The summed E-state index contributed by atoms with van der Waals surface area (Å²) in [5.41, 5.74) is 0.350. The largest absolute Gasteiger partial charge is 0.307 e. The van der Waals surface area contributed by atoms with Gasteiger partial charge in [-0.05, 0) is 50.7 Å². The molecule has 1 aromatic heterocycles.